The maximum Gasteiger partial charge on any atom is 0.178 e. The molecule has 4 aromatic carbocycles. The SMILES string of the molecule is CC(C)(C)c1cc(C(C)(C)C)c(/C=C/C(=O)/C=C/c2cc(O)c(C(C)(C)C)cc2C(C)(C)C)cc1O.CC(C)(C)c1cc(C(C)(C)C)c2c(c1O)C1(CC2)CCc2c(C(C)(C)C)cc(C(C)(C)C)c(O)c21.CO. The molecule has 5 N–H and O–H groups in total. The third-order valence-corrected chi connectivity index (χ3v) is 15.0. The van der Waals surface area contributed by atoms with Gasteiger partial charge in [0.15, 0.2) is 5.78 Å². The molecule has 2 aliphatic carbocycles. The number of hydrogen-bond acceptors (Lipinski definition) is 6. The first-order chi connectivity index (χ1) is 32.8. The number of hydrogen-bond donors (Lipinski definition) is 5. The molecule has 0 bridgehead atoms. The van der Waals surface area contributed by atoms with Gasteiger partial charge in [-0.05, 0) is 160 Å². The minimum atomic E-state index is -0.332. The highest BCUT2D eigenvalue weighted by molar-refractivity contribution is 6.04. The Bertz CT molecular complexity index is 2560. The van der Waals surface area contributed by atoms with Crippen molar-refractivity contribution in [1.29, 1.82) is 0 Å². The Morgan fingerprint density at radius 2 is 0.630 bits per heavy atom. The van der Waals surface area contributed by atoms with E-state index in [1.165, 1.54) is 34.4 Å². The number of rotatable bonds is 4. The minimum absolute atomic E-state index is 0.0172. The summed E-state index contributed by atoms with van der Waals surface area (Å²) in [5.41, 5.74) is 13.8. The molecule has 0 saturated carbocycles. The Labute approximate surface area is 443 Å². The first-order valence-corrected chi connectivity index (χ1v) is 26.7. The normalized spacial score (nSPS) is 15.3. The highest BCUT2D eigenvalue weighted by atomic mass is 16.3. The molecule has 0 atom stereocenters. The van der Waals surface area contributed by atoms with Gasteiger partial charge >= 0.3 is 0 Å². The lowest BCUT2D eigenvalue weighted by Crippen LogP contribution is -2.26. The van der Waals surface area contributed by atoms with Crippen LogP contribution in [0.4, 0.5) is 0 Å². The maximum absolute atomic E-state index is 12.8. The zero-order valence-corrected chi connectivity index (χ0v) is 50.2. The van der Waals surface area contributed by atoms with E-state index in [4.69, 9.17) is 5.11 Å². The van der Waals surface area contributed by atoms with E-state index in [1.54, 1.807) is 24.3 Å². The predicted molar refractivity (Wildman–Crippen MR) is 311 cm³/mol. The second-order valence-electron chi connectivity index (χ2n) is 29.4. The molecule has 0 aliphatic heterocycles. The van der Waals surface area contributed by atoms with Gasteiger partial charge in [-0.3, -0.25) is 4.79 Å². The summed E-state index contributed by atoms with van der Waals surface area (Å²) in [6, 6.07) is 12.2. The number of benzene rings is 4. The van der Waals surface area contributed by atoms with Crippen molar-refractivity contribution >= 4 is 17.9 Å². The number of aliphatic hydroxyl groups excluding tert-OH is 1. The fourth-order valence-corrected chi connectivity index (χ4v) is 11.3. The van der Waals surface area contributed by atoms with Crippen LogP contribution in [0.2, 0.25) is 0 Å². The Hall–Kier alpha value is -4.81. The largest absolute Gasteiger partial charge is 0.508 e. The van der Waals surface area contributed by atoms with Gasteiger partial charge < -0.3 is 25.5 Å². The van der Waals surface area contributed by atoms with E-state index in [0.29, 0.717) is 11.5 Å². The highest BCUT2D eigenvalue weighted by Crippen LogP contribution is 2.62. The molecule has 4 aromatic rings. The number of phenolic OH excluding ortho intramolecular Hbond substituents is 4. The smallest absolute Gasteiger partial charge is 0.178 e. The van der Waals surface area contributed by atoms with Crippen molar-refractivity contribution in [2.45, 2.75) is 241 Å². The number of carbonyl (C=O) groups excluding carboxylic acids is 1. The average molecular weight is 1000 g/mol. The van der Waals surface area contributed by atoms with E-state index in [-0.39, 0.29) is 66.0 Å². The van der Waals surface area contributed by atoms with E-state index < -0.39 is 0 Å². The Kier molecular flexibility index (Phi) is 17.0. The Morgan fingerprint density at radius 1 is 0.384 bits per heavy atom. The van der Waals surface area contributed by atoms with Crippen LogP contribution in [-0.2, 0) is 66.4 Å². The molecule has 0 fully saturated rings. The van der Waals surface area contributed by atoms with Crippen LogP contribution in [0.1, 0.15) is 257 Å². The van der Waals surface area contributed by atoms with Gasteiger partial charge in [-0.25, -0.2) is 0 Å². The quantitative estimate of drug-likeness (QED) is 0.130. The number of aliphatic hydroxyl groups is 1. The summed E-state index contributed by atoms with van der Waals surface area (Å²) in [7, 11) is 1.00. The molecular weight excluding hydrogens is 901 g/mol. The zero-order chi connectivity index (χ0) is 56.4. The molecule has 6 nitrogen and oxygen atoms in total. The van der Waals surface area contributed by atoms with Crippen LogP contribution in [0.25, 0.3) is 12.2 Å². The fourth-order valence-electron chi connectivity index (χ4n) is 11.3. The number of ketones is 1. The lowest BCUT2D eigenvalue weighted by Gasteiger charge is -2.35. The molecule has 0 saturated heterocycles. The second-order valence-corrected chi connectivity index (χ2v) is 29.4. The Balaban J connectivity index is 0.000000306. The molecule has 73 heavy (non-hydrogen) atoms. The number of carbonyl (C=O) groups is 1. The van der Waals surface area contributed by atoms with Crippen molar-refractivity contribution < 1.29 is 30.3 Å². The summed E-state index contributed by atoms with van der Waals surface area (Å²) in [6.45, 7) is 52.1. The van der Waals surface area contributed by atoms with Gasteiger partial charge in [0.05, 0.1) is 0 Å². The average Bonchev–Trinajstić information content (AvgIpc) is 3.78. The van der Waals surface area contributed by atoms with E-state index in [0.717, 1.165) is 88.4 Å². The lowest BCUT2D eigenvalue weighted by atomic mass is 9.69. The molecule has 0 aromatic heterocycles. The summed E-state index contributed by atoms with van der Waals surface area (Å²) < 4.78 is 0. The summed E-state index contributed by atoms with van der Waals surface area (Å²) in [4.78, 5) is 12.8. The lowest BCUT2D eigenvalue weighted by molar-refractivity contribution is -0.110. The molecule has 0 unspecified atom stereocenters. The van der Waals surface area contributed by atoms with Crippen LogP contribution in [0.5, 0.6) is 23.0 Å². The number of fused-ring (bicyclic) bond motifs is 4. The van der Waals surface area contributed by atoms with E-state index in [1.807, 2.05) is 0 Å². The monoisotopic (exact) mass is 999 g/mol. The van der Waals surface area contributed by atoms with Gasteiger partial charge in [0.25, 0.3) is 0 Å². The molecule has 0 heterocycles. The second kappa shape index (κ2) is 20.4. The van der Waals surface area contributed by atoms with Gasteiger partial charge in [-0.15, -0.1) is 0 Å². The molecule has 0 radical (unpaired) electrons. The topological polar surface area (TPSA) is 118 Å². The van der Waals surface area contributed by atoms with Crippen LogP contribution in [0.15, 0.2) is 48.6 Å². The molecule has 0 amide bonds. The van der Waals surface area contributed by atoms with Crippen LogP contribution in [0, 0.1) is 0 Å². The van der Waals surface area contributed by atoms with Gasteiger partial charge in [-0.1, -0.05) is 203 Å². The molecule has 1 spiro atoms. The summed E-state index contributed by atoms with van der Waals surface area (Å²) in [6.07, 6.45) is 10.4. The van der Waals surface area contributed by atoms with E-state index >= 15 is 0 Å². The Morgan fingerprint density at radius 3 is 0.877 bits per heavy atom. The highest BCUT2D eigenvalue weighted by Gasteiger charge is 2.52. The van der Waals surface area contributed by atoms with Crippen molar-refractivity contribution in [3.63, 3.8) is 0 Å². The van der Waals surface area contributed by atoms with Gasteiger partial charge in [0.1, 0.15) is 23.0 Å². The van der Waals surface area contributed by atoms with Gasteiger partial charge in [0, 0.05) is 23.7 Å². The minimum Gasteiger partial charge on any atom is -0.508 e. The van der Waals surface area contributed by atoms with E-state index in [2.05, 4.69) is 190 Å². The molecular formula is C67H98O6. The zero-order valence-electron chi connectivity index (χ0n) is 50.2. The van der Waals surface area contributed by atoms with Crippen LogP contribution in [0.3, 0.4) is 0 Å². The standard InChI is InChI=1S/C33H46O3.C33H48O2.CH4O/c1-30(2,3)24-19-26(32(7,8)9)28(35)17-21(24)13-15-23(34)16-14-22-18-29(36)27(33(10,11)12)20-25(22)31(4,5)6;1-29(2,3)21-17-23(31(7,8)9)27(34)25-19(21)13-15-33(25)16-14-20-22(30(4,5)6)18-24(32(10,11)12)28(35)26(20)33;1-2/h13-20,35-36H,1-12H3;17-18,34-35H,13-16H2,1-12H3;2H,1H3/b15-13+,16-14+;;. The molecule has 6 rings (SSSR count). The van der Waals surface area contributed by atoms with Gasteiger partial charge in [0.2, 0.25) is 0 Å². The third kappa shape index (κ3) is 12.8. The van der Waals surface area contributed by atoms with Crippen molar-refractivity contribution in [2.75, 3.05) is 7.11 Å². The first kappa shape index (κ1) is 60.7. The van der Waals surface area contributed by atoms with Crippen molar-refractivity contribution in [3.8, 4) is 23.0 Å². The van der Waals surface area contributed by atoms with Crippen molar-refractivity contribution in [3.05, 3.63) is 126 Å². The molecule has 402 valence electrons. The summed E-state index contributed by atoms with van der Waals surface area (Å²) in [5.74, 6) is 1.24. The maximum atomic E-state index is 12.8. The summed E-state index contributed by atoms with van der Waals surface area (Å²) >= 11 is 0. The van der Waals surface area contributed by atoms with Crippen molar-refractivity contribution in [2.24, 2.45) is 0 Å². The molecule has 6 heteroatoms. The van der Waals surface area contributed by atoms with Crippen molar-refractivity contribution in [1.82, 2.24) is 0 Å². The van der Waals surface area contributed by atoms with Crippen LogP contribution >= 0.6 is 0 Å². The van der Waals surface area contributed by atoms with Crippen LogP contribution in [-0.4, -0.2) is 38.4 Å². The van der Waals surface area contributed by atoms with Crippen LogP contribution < -0.4 is 0 Å². The first-order valence-electron chi connectivity index (χ1n) is 26.7. The van der Waals surface area contributed by atoms with Gasteiger partial charge in [-0.2, -0.15) is 0 Å². The number of aromatic hydroxyl groups is 4. The number of allylic oxidation sites excluding steroid dienone is 2. The fraction of sp³-hybridized carbons (Fsp3) is 0.567. The van der Waals surface area contributed by atoms with E-state index in [9.17, 15) is 25.2 Å². The molecule has 2 aliphatic rings. The summed E-state index contributed by atoms with van der Waals surface area (Å²) in [5, 5.41) is 52.3. The predicted octanol–water partition coefficient (Wildman–Crippen LogP) is 16.7. The third-order valence-electron chi connectivity index (χ3n) is 15.0. The number of phenols is 4.